The zero-order chi connectivity index (χ0) is 21.5. The van der Waals surface area contributed by atoms with Crippen LogP contribution in [0.3, 0.4) is 0 Å². The summed E-state index contributed by atoms with van der Waals surface area (Å²) in [6.45, 7) is 1.59. The van der Waals surface area contributed by atoms with Gasteiger partial charge in [0.1, 0.15) is 23.6 Å². The van der Waals surface area contributed by atoms with Gasteiger partial charge in [0, 0.05) is 36.1 Å². The zero-order valence-corrected chi connectivity index (χ0v) is 17.6. The molecular formula is C22H18ClN9. The van der Waals surface area contributed by atoms with E-state index in [1.165, 1.54) is 5.57 Å². The van der Waals surface area contributed by atoms with Gasteiger partial charge in [-0.3, -0.25) is 5.10 Å². The summed E-state index contributed by atoms with van der Waals surface area (Å²) in [6, 6.07) is 10.0. The summed E-state index contributed by atoms with van der Waals surface area (Å²) in [5, 5.41) is 12.7. The third-order valence-electron chi connectivity index (χ3n) is 5.62. The van der Waals surface area contributed by atoms with Gasteiger partial charge in [-0.05, 0) is 53.9 Å². The number of halogens is 1. The number of rotatable bonds is 4. The van der Waals surface area contributed by atoms with E-state index in [2.05, 4.69) is 57.5 Å². The highest BCUT2D eigenvalue weighted by Crippen LogP contribution is 2.30. The lowest BCUT2D eigenvalue weighted by molar-refractivity contribution is 0.811. The number of aromatic nitrogens is 7. The molecule has 0 amide bonds. The number of fused-ring (bicyclic) bond motifs is 2. The van der Waals surface area contributed by atoms with Crippen LogP contribution in [0.5, 0.6) is 0 Å². The molecule has 6 rings (SSSR count). The van der Waals surface area contributed by atoms with Crippen LogP contribution in [0.4, 0.5) is 17.3 Å². The van der Waals surface area contributed by atoms with Crippen LogP contribution in [0.2, 0.25) is 5.28 Å². The third-order valence-corrected chi connectivity index (χ3v) is 5.80. The number of aromatic amines is 2. The second-order valence-electron chi connectivity index (χ2n) is 7.57. The van der Waals surface area contributed by atoms with Gasteiger partial charge < -0.3 is 15.2 Å². The monoisotopic (exact) mass is 443 g/mol. The SMILES string of the molecule is Clc1nccc(N2CC=C(c3cc4c(Nc5ccc6[nH]ncc6c5)ncnc4[nH]3)CC2)n1. The minimum absolute atomic E-state index is 0.262. The topological polar surface area (TPSA) is 111 Å². The van der Waals surface area contributed by atoms with E-state index in [4.69, 9.17) is 11.6 Å². The minimum Gasteiger partial charge on any atom is -0.352 e. The van der Waals surface area contributed by atoms with Crippen LogP contribution in [0, 0.1) is 0 Å². The fourth-order valence-electron chi connectivity index (χ4n) is 3.99. The Balaban J connectivity index is 1.27. The van der Waals surface area contributed by atoms with Crippen molar-refractivity contribution >= 4 is 56.4 Å². The van der Waals surface area contributed by atoms with E-state index in [-0.39, 0.29) is 5.28 Å². The molecule has 0 saturated carbocycles. The van der Waals surface area contributed by atoms with E-state index in [0.29, 0.717) is 0 Å². The molecule has 4 aromatic heterocycles. The van der Waals surface area contributed by atoms with E-state index in [9.17, 15) is 0 Å². The standard InChI is InChI=1S/C22H18ClN9/c23-22-24-6-3-19(30-22)32-7-4-13(5-8-32)18-10-16-20(25-12-26-21(16)29-18)28-15-1-2-17-14(9-15)11-27-31-17/h1-4,6,9-12H,5,7-8H2,(H,27,31)(H2,25,26,28,29). The Bertz CT molecular complexity index is 1470. The van der Waals surface area contributed by atoms with Crippen molar-refractivity contribution in [3.05, 3.63) is 66.1 Å². The van der Waals surface area contributed by atoms with Crippen LogP contribution in [-0.4, -0.2) is 48.2 Å². The minimum atomic E-state index is 0.262. The van der Waals surface area contributed by atoms with E-state index in [1.54, 1.807) is 18.7 Å². The van der Waals surface area contributed by atoms with Crippen molar-refractivity contribution in [1.82, 2.24) is 35.1 Å². The van der Waals surface area contributed by atoms with Crippen molar-refractivity contribution < 1.29 is 0 Å². The lowest BCUT2D eigenvalue weighted by atomic mass is 10.0. The van der Waals surface area contributed by atoms with Gasteiger partial charge in [0.25, 0.3) is 0 Å². The van der Waals surface area contributed by atoms with Crippen molar-refractivity contribution in [2.24, 2.45) is 0 Å². The number of hydrogen-bond donors (Lipinski definition) is 3. The molecule has 5 heterocycles. The first kappa shape index (κ1) is 18.8. The molecule has 5 aromatic rings. The predicted molar refractivity (Wildman–Crippen MR) is 125 cm³/mol. The van der Waals surface area contributed by atoms with Gasteiger partial charge in [0.05, 0.1) is 17.1 Å². The largest absolute Gasteiger partial charge is 0.352 e. The molecular weight excluding hydrogens is 426 g/mol. The summed E-state index contributed by atoms with van der Waals surface area (Å²) >= 11 is 5.94. The molecule has 0 spiro atoms. The molecule has 3 N–H and O–H groups in total. The number of hydrogen-bond acceptors (Lipinski definition) is 7. The van der Waals surface area contributed by atoms with Crippen LogP contribution < -0.4 is 10.2 Å². The molecule has 0 radical (unpaired) electrons. The second kappa shape index (κ2) is 7.61. The Morgan fingerprint density at radius 3 is 2.94 bits per heavy atom. The van der Waals surface area contributed by atoms with Crippen molar-refractivity contribution in [2.75, 3.05) is 23.3 Å². The van der Waals surface area contributed by atoms with Gasteiger partial charge in [0.15, 0.2) is 0 Å². The van der Waals surface area contributed by atoms with Crippen molar-refractivity contribution in [3.8, 4) is 0 Å². The maximum Gasteiger partial charge on any atom is 0.224 e. The summed E-state index contributed by atoms with van der Waals surface area (Å²) < 4.78 is 0. The Morgan fingerprint density at radius 2 is 2.06 bits per heavy atom. The quantitative estimate of drug-likeness (QED) is 0.355. The van der Waals surface area contributed by atoms with Gasteiger partial charge in [-0.25, -0.2) is 19.9 Å². The van der Waals surface area contributed by atoms with Crippen LogP contribution in [0.25, 0.3) is 27.5 Å². The van der Waals surface area contributed by atoms with Crippen molar-refractivity contribution in [3.63, 3.8) is 0 Å². The molecule has 10 heteroatoms. The molecule has 158 valence electrons. The molecule has 9 nitrogen and oxygen atoms in total. The number of H-pyrrole nitrogens is 2. The predicted octanol–water partition coefficient (Wildman–Crippen LogP) is 4.31. The highest BCUT2D eigenvalue weighted by atomic mass is 35.5. The molecule has 1 aromatic carbocycles. The maximum atomic E-state index is 5.94. The lowest BCUT2D eigenvalue weighted by Crippen LogP contribution is -2.29. The molecule has 0 fully saturated rings. The van der Waals surface area contributed by atoms with Crippen molar-refractivity contribution in [1.29, 1.82) is 0 Å². The lowest BCUT2D eigenvalue weighted by Gasteiger charge is -2.27. The van der Waals surface area contributed by atoms with E-state index in [1.807, 2.05) is 24.3 Å². The Labute approximate surface area is 187 Å². The van der Waals surface area contributed by atoms with E-state index >= 15 is 0 Å². The van der Waals surface area contributed by atoms with Crippen LogP contribution in [-0.2, 0) is 0 Å². The molecule has 0 bridgehead atoms. The average Bonchev–Trinajstić information content (AvgIpc) is 3.46. The van der Waals surface area contributed by atoms with Crippen molar-refractivity contribution in [2.45, 2.75) is 6.42 Å². The van der Waals surface area contributed by atoms with Gasteiger partial charge in [-0.15, -0.1) is 0 Å². The zero-order valence-electron chi connectivity index (χ0n) is 16.9. The molecule has 1 aliphatic rings. The normalized spacial score (nSPS) is 14.2. The van der Waals surface area contributed by atoms with Crippen LogP contribution >= 0.6 is 11.6 Å². The molecule has 32 heavy (non-hydrogen) atoms. The first-order chi connectivity index (χ1) is 15.7. The maximum absolute atomic E-state index is 5.94. The molecule has 0 atom stereocenters. The Kier molecular flexibility index (Phi) is 4.46. The van der Waals surface area contributed by atoms with E-state index in [0.717, 1.165) is 64.5 Å². The number of benzene rings is 1. The number of anilines is 3. The highest BCUT2D eigenvalue weighted by Gasteiger charge is 2.17. The molecule has 0 saturated heterocycles. The van der Waals surface area contributed by atoms with Crippen LogP contribution in [0.15, 0.2) is 55.1 Å². The van der Waals surface area contributed by atoms with Gasteiger partial charge in [0.2, 0.25) is 5.28 Å². The Morgan fingerprint density at radius 1 is 1.09 bits per heavy atom. The molecule has 0 unspecified atom stereocenters. The second-order valence-corrected chi connectivity index (χ2v) is 7.91. The van der Waals surface area contributed by atoms with Gasteiger partial charge >= 0.3 is 0 Å². The first-order valence-electron chi connectivity index (χ1n) is 10.2. The summed E-state index contributed by atoms with van der Waals surface area (Å²) in [4.78, 5) is 22.8. The van der Waals surface area contributed by atoms with E-state index < -0.39 is 0 Å². The summed E-state index contributed by atoms with van der Waals surface area (Å²) in [7, 11) is 0. The Hall–Kier alpha value is -3.98. The van der Waals surface area contributed by atoms with Crippen LogP contribution in [0.1, 0.15) is 12.1 Å². The fraction of sp³-hybridized carbons (Fsp3) is 0.136. The third kappa shape index (κ3) is 3.42. The van der Waals surface area contributed by atoms with Gasteiger partial charge in [-0.2, -0.15) is 5.10 Å². The fourth-order valence-corrected chi connectivity index (χ4v) is 4.14. The summed E-state index contributed by atoms with van der Waals surface area (Å²) in [5.41, 5.74) is 5.03. The van der Waals surface area contributed by atoms with Gasteiger partial charge in [-0.1, -0.05) is 6.08 Å². The number of nitrogens with one attached hydrogen (secondary N) is 3. The highest BCUT2D eigenvalue weighted by molar-refractivity contribution is 6.28. The number of nitrogens with zero attached hydrogens (tertiary/aromatic N) is 6. The summed E-state index contributed by atoms with van der Waals surface area (Å²) in [6.07, 6.45) is 8.13. The smallest absolute Gasteiger partial charge is 0.224 e. The first-order valence-corrected chi connectivity index (χ1v) is 10.6. The molecule has 1 aliphatic heterocycles. The molecule has 0 aliphatic carbocycles. The summed E-state index contributed by atoms with van der Waals surface area (Å²) in [5.74, 6) is 1.60. The average molecular weight is 444 g/mol.